The Kier molecular flexibility index (Phi) is 5.40. The van der Waals surface area contributed by atoms with Crippen molar-refractivity contribution in [2.75, 3.05) is 26.2 Å². The molecule has 1 fully saturated rings. The van der Waals surface area contributed by atoms with Crippen molar-refractivity contribution in [2.24, 2.45) is 0 Å². The van der Waals surface area contributed by atoms with E-state index in [-0.39, 0.29) is 18.3 Å². The molecule has 0 spiro atoms. The number of piperazine rings is 1. The van der Waals surface area contributed by atoms with Gasteiger partial charge in [-0.05, 0) is 47.7 Å². The molecule has 0 radical (unpaired) electrons. The zero-order chi connectivity index (χ0) is 15.4. The van der Waals surface area contributed by atoms with Crippen molar-refractivity contribution in [3.8, 4) is 5.75 Å². The van der Waals surface area contributed by atoms with Crippen LogP contribution < -0.4 is 5.32 Å². The van der Waals surface area contributed by atoms with E-state index >= 15 is 0 Å². The molecule has 1 aliphatic heterocycles. The molecule has 1 unspecified atom stereocenters. The number of halogens is 1. The Labute approximate surface area is 136 Å². The van der Waals surface area contributed by atoms with E-state index in [1.165, 1.54) is 11.0 Å². The van der Waals surface area contributed by atoms with Gasteiger partial charge in [-0.25, -0.2) is 4.79 Å². The molecule has 1 atom stereocenters. The van der Waals surface area contributed by atoms with Gasteiger partial charge in [-0.1, -0.05) is 0 Å². The molecule has 114 valence electrons. The number of hydrogen-bond acceptors (Lipinski definition) is 5. The van der Waals surface area contributed by atoms with E-state index in [0.717, 1.165) is 0 Å². The molecule has 6 nitrogen and oxygen atoms in total. The highest BCUT2D eigenvalue weighted by atomic mass is 127. The van der Waals surface area contributed by atoms with E-state index in [1.54, 1.807) is 19.1 Å². The molecule has 1 aromatic rings. The van der Waals surface area contributed by atoms with Gasteiger partial charge >= 0.3 is 5.97 Å². The van der Waals surface area contributed by atoms with Crippen LogP contribution in [0.2, 0.25) is 0 Å². The van der Waals surface area contributed by atoms with Gasteiger partial charge in [0.15, 0.2) is 0 Å². The van der Waals surface area contributed by atoms with Crippen LogP contribution in [0.4, 0.5) is 0 Å². The number of carbonyl (C=O) groups excluding carboxylic acids is 2. The number of benzene rings is 1. The lowest BCUT2D eigenvalue weighted by Gasteiger charge is -2.34. The maximum atomic E-state index is 12.6. The Bertz CT molecular complexity index is 550. The van der Waals surface area contributed by atoms with E-state index in [4.69, 9.17) is 4.74 Å². The third-order valence-corrected chi connectivity index (χ3v) is 4.17. The fourth-order valence-electron chi connectivity index (χ4n) is 2.21. The smallest absolute Gasteiger partial charge is 0.330 e. The van der Waals surface area contributed by atoms with Crippen molar-refractivity contribution < 1.29 is 19.4 Å². The van der Waals surface area contributed by atoms with Gasteiger partial charge in [-0.2, -0.15) is 0 Å². The molecule has 1 aliphatic rings. The first kappa shape index (κ1) is 16.0. The van der Waals surface area contributed by atoms with Gasteiger partial charge in [0.2, 0.25) is 0 Å². The zero-order valence-electron chi connectivity index (χ0n) is 11.6. The number of rotatable bonds is 3. The first-order valence-corrected chi connectivity index (χ1v) is 7.79. The monoisotopic (exact) mass is 404 g/mol. The van der Waals surface area contributed by atoms with Gasteiger partial charge in [0.05, 0.1) is 10.2 Å². The summed E-state index contributed by atoms with van der Waals surface area (Å²) in [6.45, 7) is 3.44. The summed E-state index contributed by atoms with van der Waals surface area (Å²) in [7, 11) is 0. The molecule has 1 aromatic carbocycles. The maximum Gasteiger partial charge on any atom is 0.330 e. The van der Waals surface area contributed by atoms with Crippen LogP contribution >= 0.6 is 22.6 Å². The fourth-order valence-corrected chi connectivity index (χ4v) is 2.54. The normalized spacial score (nSPS) is 18.4. The third kappa shape index (κ3) is 3.65. The Balaban J connectivity index is 2.21. The Morgan fingerprint density at radius 1 is 1.52 bits per heavy atom. The van der Waals surface area contributed by atoms with Gasteiger partial charge in [0.1, 0.15) is 11.8 Å². The van der Waals surface area contributed by atoms with E-state index in [1.807, 2.05) is 22.6 Å². The average molecular weight is 404 g/mol. The summed E-state index contributed by atoms with van der Waals surface area (Å²) in [6.07, 6.45) is 0. The lowest BCUT2D eigenvalue weighted by Crippen LogP contribution is -2.57. The minimum Gasteiger partial charge on any atom is -0.507 e. The summed E-state index contributed by atoms with van der Waals surface area (Å²) in [4.78, 5) is 26.0. The number of phenolic OH excluding ortho intramolecular Hbond substituents is 1. The molecule has 0 bridgehead atoms. The number of nitrogens with zero attached hydrogens (tertiary/aromatic N) is 1. The molecule has 1 amide bonds. The zero-order valence-corrected chi connectivity index (χ0v) is 13.8. The number of hydrogen-bond donors (Lipinski definition) is 2. The summed E-state index contributed by atoms with van der Waals surface area (Å²) < 4.78 is 5.69. The fraction of sp³-hybridized carbons (Fsp3) is 0.429. The van der Waals surface area contributed by atoms with Crippen LogP contribution in [-0.2, 0) is 9.53 Å². The van der Waals surface area contributed by atoms with Crippen molar-refractivity contribution in [1.29, 1.82) is 0 Å². The Hall–Kier alpha value is -1.35. The third-order valence-electron chi connectivity index (χ3n) is 3.26. The Morgan fingerprint density at radius 2 is 2.29 bits per heavy atom. The first-order valence-electron chi connectivity index (χ1n) is 6.71. The SMILES string of the molecule is CCOC(=O)C1CNCCN1C(=O)c1ccc(I)c(O)c1. The van der Waals surface area contributed by atoms with Crippen LogP contribution in [0.5, 0.6) is 5.75 Å². The summed E-state index contributed by atoms with van der Waals surface area (Å²) in [5.41, 5.74) is 0.365. The topological polar surface area (TPSA) is 78.9 Å². The summed E-state index contributed by atoms with van der Waals surface area (Å²) in [6, 6.07) is 4.11. The van der Waals surface area contributed by atoms with Crippen LogP contribution in [0.15, 0.2) is 18.2 Å². The number of ether oxygens (including phenoxy) is 1. The number of phenols is 1. The van der Waals surface area contributed by atoms with Crippen molar-refractivity contribution in [2.45, 2.75) is 13.0 Å². The predicted molar refractivity (Wildman–Crippen MR) is 85.2 cm³/mol. The lowest BCUT2D eigenvalue weighted by atomic mass is 10.1. The molecule has 21 heavy (non-hydrogen) atoms. The summed E-state index contributed by atoms with van der Waals surface area (Å²) in [5, 5.41) is 12.8. The quantitative estimate of drug-likeness (QED) is 0.580. The highest BCUT2D eigenvalue weighted by molar-refractivity contribution is 14.1. The largest absolute Gasteiger partial charge is 0.507 e. The number of aromatic hydroxyl groups is 1. The molecule has 0 aliphatic carbocycles. The van der Waals surface area contributed by atoms with E-state index in [0.29, 0.717) is 28.8 Å². The minimum atomic E-state index is -0.632. The molecular formula is C14H17IN2O4. The molecule has 0 saturated carbocycles. The van der Waals surface area contributed by atoms with Gasteiger partial charge in [-0.15, -0.1) is 0 Å². The predicted octanol–water partition coefficient (Wildman–Crippen LogP) is 0.974. The maximum absolute atomic E-state index is 12.6. The number of amides is 1. The van der Waals surface area contributed by atoms with E-state index in [9.17, 15) is 14.7 Å². The molecule has 2 rings (SSSR count). The van der Waals surface area contributed by atoms with Gasteiger partial charge in [0.25, 0.3) is 5.91 Å². The van der Waals surface area contributed by atoms with Crippen molar-refractivity contribution in [3.63, 3.8) is 0 Å². The Morgan fingerprint density at radius 3 is 2.95 bits per heavy atom. The standard InChI is InChI=1S/C14H17IN2O4/c1-2-21-14(20)11-8-16-5-6-17(11)13(19)9-3-4-10(15)12(18)7-9/h3-4,7,11,16,18H,2,5-6,8H2,1H3. The van der Waals surface area contributed by atoms with Crippen LogP contribution in [0.3, 0.4) is 0 Å². The van der Waals surface area contributed by atoms with Crippen LogP contribution in [0.1, 0.15) is 17.3 Å². The first-order chi connectivity index (χ1) is 10.0. The average Bonchev–Trinajstić information content (AvgIpc) is 2.49. The number of nitrogens with one attached hydrogen (secondary N) is 1. The molecule has 7 heteroatoms. The lowest BCUT2D eigenvalue weighted by molar-refractivity contribution is -0.149. The second kappa shape index (κ2) is 7.08. The van der Waals surface area contributed by atoms with Crippen molar-refractivity contribution in [1.82, 2.24) is 10.2 Å². The highest BCUT2D eigenvalue weighted by Crippen LogP contribution is 2.22. The highest BCUT2D eigenvalue weighted by Gasteiger charge is 2.33. The minimum absolute atomic E-state index is 0.0595. The number of carbonyl (C=O) groups is 2. The van der Waals surface area contributed by atoms with Crippen LogP contribution in [0.25, 0.3) is 0 Å². The van der Waals surface area contributed by atoms with E-state index in [2.05, 4.69) is 5.32 Å². The summed E-state index contributed by atoms with van der Waals surface area (Å²) >= 11 is 1.99. The van der Waals surface area contributed by atoms with E-state index < -0.39 is 12.0 Å². The van der Waals surface area contributed by atoms with Crippen LogP contribution in [0, 0.1) is 3.57 Å². The molecular weight excluding hydrogens is 387 g/mol. The molecule has 2 N–H and O–H groups in total. The summed E-state index contributed by atoms with van der Waals surface area (Å²) in [5.74, 6) is -0.627. The molecule has 1 saturated heterocycles. The number of esters is 1. The van der Waals surface area contributed by atoms with Crippen LogP contribution in [-0.4, -0.2) is 54.2 Å². The van der Waals surface area contributed by atoms with Gasteiger partial charge in [-0.3, -0.25) is 4.79 Å². The second-order valence-electron chi connectivity index (χ2n) is 4.64. The second-order valence-corrected chi connectivity index (χ2v) is 5.80. The molecule has 1 heterocycles. The van der Waals surface area contributed by atoms with Crippen molar-refractivity contribution in [3.05, 3.63) is 27.3 Å². The van der Waals surface area contributed by atoms with Crippen molar-refractivity contribution >= 4 is 34.5 Å². The van der Waals surface area contributed by atoms with Gasteiger partial charge in [0, 0.05) is 25.2 Å². The van der Waals surface area contributed by atoms with Gasteiger partial charge < -0.3 is 20.1 Å². The molecule has 0 aromatic heterocycles.